The van der Waals surface area contributed by atoms with Gasteiger partial charge in [0, 0.05) is 0 Å². The van der Waals surface area contributed by atoms with Crippen molar-refractivity contribution in [3.05, 3.63) is 81.3 Å². The molecule has 3 aliphatic rings. The quantitative estimate of drug-likeness (QED) is 0.245. The van der Waals surface area contributed by atoms with Crippen molar-refractivity contribution in [2.75, 3.05) is 0 Å². The molecule has 0 nitrogen and oxygen atoms in total. The van der Waals surface area contributed by atoms with Gasteiger partial charge in [-0.25, -0.2) is 0 Å². The van der Waals surface area contributed by atoms with E-state index in [1.807, 2.05) is 0 Å². The zero-order valence-corrected chi connectivity index (χ0v) is 26.7. The van der Waals surface area contributed by atoms with Gasteiger partial charge in [0.15, 0.2) is 0 Å². The van der Waals surface area contributed by atoms with E-state index in [4.69, 9.17) is 0 Å². The van der Waals surface area contributed by atoms with Crippen molar-refractivity contribution in [3.8, 4) is 0 Å². The van der Waals surface area contributed by atoms with Crippen molar-refractivity contribution in [1.82, 2.24) is 0 Å². The SMILES string of the molecule is CC1=C(C2(C(C)(C)C)[C-]=C3C=c4cc(C(C)(C)C)ccc4=C3C=C2)CC=C1.C[Si](C)=[Zr].Cl.Cl. The number of hydrogen-bond donors (Lipinski definition) is 0. The van der Waals surface area contributed by atoms with Crippen LogP contribution in [0, 0.1) is 16.9 Å². The standard InChI is InChI=1S/C27H31.C2H6Si.2ClH.Zr/c1-18-9-8-10-24(18)27(26(5,6)7)14-13-23-20(17-27)15-19-16-21(25(2,3)4)11-12-22(19)23;1-3-2;;;/h8-9,11-16H,10H2,1-7H3;1-2H3;2*1H;/q-1;;;;. The maximum absolute atomic E-state index is 3.99. The Morgan fingerprint density at radius 2 is 1.61 bits per heavy atom. The first kappa shape index (κ1) is 30.6. The van der Waals surface area contributed by atoms with Gasteiger partial charge in [-0.3, -0.25) is 0 Å². The fraction of sp³-hybridized carbons (Fsp3) is 0.448. The molecule has 0 radical (unpaired) electrons. The Balaban J connectivity index is 0.000000842. The monoisotopic (exact) mass is 575 g/mol. The van der Waals surface area contributed by atoms with Gasteiger partial charge in [-0.2, -0.15) is 17.7 Å². The number of hydrogen-bond acceptors (Lipinski definition) is 0. The number of halogens is 2. The summed E-state index contributed by atoms with van der Waals surface area (Å²) < 4.78 is 0. The zero-order chi connectivity index (χ0) is 23.2. The molecule has 0 aliphatic heterocycles. The van der Waals surface area contributed by atoms with Crippen LogP contribution in [0.15, 0.2) is 59.2 Å². The smallest absolute Gasteiger partial charge is 0.147 e. The van der Waals surface area contributed by atoms with Crippen LogP contribution < -0.4 is 10.4 Å². The van der Waals surface area contributed by atoms with Gasteiger partial charge >= 0.3 is 41.9 Å². The van der Waals surface area contributed by atoms with Gasteiger partial charge in [0.1, 0.15) is 0 Å². The van der Waals surface area contributed by atoms with Crippen molar-refractivity contribution in [2.45, 2.75) is 73.4 Å². The van der Waals surface area contributed by atoms with E-state index in [1.165, 1.54) is 38.3 Å². The third-order valence-corrected chi connectivity index (χ3v) is 6.45. The van der Waals surface area contributed by atoms with Gasteiger partial charge < -0.3 is 0 Å². The molecule has 0 heterocycles. The van der Waals surface area contributed by atoms with Crippen molar-refractivity contribution in [1.29, 1.82) is 0 Å². The molecule has 0 bridgehead atoms. The molecule has 33 heavy (non-hydrogen) atoms. The van der Waals surface area contributed by atoms with E-state index in [0.29, 0.717) is 0 Å². The van der Waals surface area contributed by atoms with E-state index in [1.54, 1.807) is 23.3 Å². The van der Waals surface area contributed by atoms with Crippen LogP contribution in [0.25, 0.3) is 11.6 Å². The van der Waals surface area contributed by atoms with Crippen molar-refractivity contribution in [3.63, 3.8) is 0 Å². The Bertz CT molecular complexity index is 1160. The van der Waals surface area contributed by atoms with E-state index >= 15 is 0 Å². The van der Waals surface area contributed by atoms with Crippen molar-refractivity contribution < 1.29 is 23.3 Å². The average Bonchev–Trinajstić information content (AvgIpc) is 3.21. The molecule has 178 valence electrons. The molecule has 4 rings (SSSR count). The molecule has 0 spiro atoms. The van der Waals surface area contributed by atoms with Crippen molar-refractivity contribution in [2.24, 2.45) is 10.8 Å². The molecular formula is C29H39Cl2SiZr-. The zero-order valence-electron chi connectivity index (χ0n) is 21.6. The minimum atomic E-state index is -0.148. The van der Waals surface area contributed by atoms with E-state index < -0.39 is 0 Å². The molecule has 0 saturated heterocycles. The van der Waals surface area contributed by atoms with Crippen LogP contribution >= 0.6 is 24.8 Å². The van der Waals surface area contributed by atoms with Gasteiger partial charge in [0.05, 0.1) is 0 Å². The molecule has 0 saturated carbocycles. The summed E-state index contributed by atoms with van der Waals surface area (Å²) in [6, 6.07) is 6.95. The number of fused-ring (bicyclic) bond motifs is 2. The summed E-state index contributed by atoms with van der Waals surface area (Å²) in [7, 11) is 0. The Labute approximate surface area is 229 Å². The molecule has 0 aromatic heterocycles. The van der Waals surface area contributed by atoms with Gasteiger partial charge in [0.25, 0.3) is 0 Å². The molecule has 1 atom stereocenters. The average molecular weight is 578 g/mol. The molecule has 1 aromatic rings. The third-order valence-electron chi connectivity index (χ3n) is 6.45. The minimum Gasteiger partial charge on any atom is -0.147 e. The van der Waals surface area contributed by atoms with Gasteiger partial charge in [-0.1, -0.05) is 99.6 Å². The van der Waals surface area contributed by atoms with Gasteiger partial charge in [0.2, 0.25) is 0 Å². The second-order valence-corrected chi connectivity index (χ2v) is 20.7. The second-order valence-electron chi connectivity index (χ2n) is 11.3. The fourth-order valence-corrected chi connectivity index (χ4v) is 4.67. The van der Waals surface area contributed by atoms with Crippen LogP contribution in [-0.4, -0.2) is 5.43 Å². The number of allylic oxidation sites excluding steroid dienone is 8. The maximum atomic E-state index is 3.99. The summed E-state index contributed by atoms with van der Waals surface area (Å²) in [6.45, 7) is 20.7. The predicted molar refractivity (Wildman–Crippen MR) is 148 cm³/mol. The number of rotatable bonds is 1. The Morgan fingerprint density at radius 3 is 2.09 bits per heavy atom. The van der Waals surface area contributed by atoms with Crippen LogP contribution in [-0.2, 0) is 28.8 Å². The molecule has 0 fully saturated rings. The summed E-state index contributed by atoms with van der Waals surface area (Å²) in [5.41, 5.74) is 7.19. The summed E-state index contributed by atoms with van der Waals surface area (Å²) >= 11 is 1.74. The van der Waals surface area contributed by atoms with Crippen LogP contribution in [0.2, 0.25) is 13.1 Å². The Kier molecular flexibility index (Phi) is 10.3. The minimum absolute atomic E-state index is 0. The molecule has 4 heteroatoms. The van der Waals surface area contributed by atoms with Crippen LogP contribution in [0.3, 0.4) is 0 Å². The summed E-state index contributed by atoms with van der Waals surface area (Å²) in [4.78, 5) is 0. The molecule has 3 aliphatic carbocycles. The molecule has 1 unspecified atom stereocenters. The van der Waals surface area contributed by atoms with Gasteiger partial charge in [-0.05, 0) is 35.2 Å². The first-order valence-corrected chi connectivity index (χ1v) is 17.5. The Hall–Kier alpha value is -0.400. The number of benzene rings is 1. The van der Waals surface area contributed by atoms with E-state index in [0.717, 1.165) is 6.42 Å². The van der Waals surface area contributed by atoms with E-state index in [2.05, 4.69) is 116 Å². The summed E-state index contributed by atoms with van der Waals surface area (Å²) in [5.74, 6) is 0. The topological polar surface area (TPSA) is 0 Å². The first-order valence-electron chi connectivity index (χ1n) is 11.4. The molecule has 0 amide bonds. The van der Waals surface area contributed by atoms with Crippen molar-refractivity contribution >= 4 is 41.9 Å². The van der Waals surface area contributed by atoms with E-state index in [9.17, 15) is 0 Å². The first-order chi connectivity index (χ1) is 14.3. The largest absolute Gasteiger partial charge is 0.147 e. The second kappa shape index (κ2) is 11.1. The predicted octanol–water partition coefficient (Wildman–Crippen LogP) is 7.17. The maximum Gasteiger partial charge on any atom is -0.147 e. The van der Waals surface area contributed by atoms with E-state index in [-0.39, 0.29) is 46.5 Å². The normalized spacial score (nSPS) is 20.5. The summed E-state index contributed by atoms with van der Waals surface area (Å²) in [6.07, 6.45) is 16.7. The third kappa shape index (κ3) is 6.24. The molecular weight excluding hydrogens is 539 g/mol. The molecule has 1 aromatic carbocycles. The van der Waals surface area contributed by atoms with Gasteiger partial charge in [-0.15, -0.1) is 36.5 Å². The van der Waals surface area contributed by atoms with Crippen LogP contribution in [0.5, 0.6) is 0 Å². The van der Waals surface area contributed by atoms with Crippen LogP contribution in [0.4, 0.5) is 0 Å². The van der Waals surface area contributed by atoms with Crippen LogP contribution in [0.1, 0.15) is 60.5 Å². The molecule has 0 N–H and O–H groups in total. The Morgan fingerprint density at radius 1 is 1.00 bits per heavy atom. The fourth-order valence-electron chi connectivity index (χ4n) is 4.67. The summed E-state index contributed by atoms with van der Waals surface area (Å²) in [5, 5.41) is 2.68.